The molecule has 1 aliphatic rings. The highest BCUT2D eigenvalue weighted by Gasteiger charge is 2.30. The van der Waals surface area contributed by atoms with Crippen LogP contribution in [0.1, 0.15) is 148 Å². The number of nitrogens with one attached hydrogen (secondary N) is 6. The summed E-state index contributed by atoms with van der Waals surface area (Å²) in [6.45, 7) is 2.40. The van der Waals surface area contributed by atoms with Crippen LogP contribution < -0.4 is 35.8 Å². The first-order chi connectivity index (χ1) is 34.1. The molecule has 0 unspecified atom stereocenters. The molecule has 412 valence electrons. The van der Waals surface area contributed by atoms with Crippen molar-refractivity contribution in [1.29, 1.82) is 0 Å². The number of ether oxygens (including phenoxy) is 4. The Bertz CT molecular complexity index is 1610. The van der Waals surface area contributed by atoms with Gasteiger partial charge in [0.25, 0.3) is 10.1 Å². The number of carboxylic acids is 1. The fourth-order valence-electron chi connectivity index (χ4n) is 7.75. The van der Waals surface area contributed by atoms with Gasteiger partial charge in [-0.25, -0.2) is 8.32 Å². The summed E-state index contributed by atoms with van der Waals surface area (Å²) < 4.78 is 54.4. The van der Waals surface area contributed by atoms with E-state index in [2.05, 4.69) is 30.1 Å². The average molecular weight is 1150 g/mol. The normalized spacial score (nSPS) is 15.6. The van der Waals surface area contributed by atoms with E-state index in [-0.39, 0.29) is 126 Å². The number of hydrogen-bond acceptors (Lipinski definition) is 14. The van der Waals surface area contributed by atoms with Crippen molar-refractivity contribution in [3.8, 4) is 0 Å². The van der Waals surface area contributed by atoms with E-state index in [4.69, 9.17) is 29.2 Å². The van der Waals surface area contributed by atoms with Crippen LogP contribution in [0.3, 0.4) is 0 Å². The van der Waals surface area contributed by atoms with E-state index in [1.54, 1.807) is 0 Å². The van der Waals surface area contributed by atoms with Crippen LogP contribution in [-0.4, -0.2) is 156 Å². The summed E-state index contributed by atoms with van der Waals surface area (Å²) in [7, 11) is -3.84. The second kappa shape index (κ2) is 43.2. The molecule has 2 atom stereocenters. The minimum atomic E-state index is -3.84. The van der Waals surface area contributed by atoms with Crippen LogP contribution in [-0.2, 0) is 62.6 Å². The van der Waals surface area contributed by atoms with Crippen molar-refractivity contribution in [2.45, 2.75) is 160 Å². The van der Waals surface area contributed by atoms with Gasteiger partial charge in [0.2, 0.25) is 35.4 Å². The minimum absolute atomic E-state index is 0.0439. The molecule has 0 aliphatic heterocycles. The quantitative estimate of drug-likeness (QED) is 0.0183. The number of hydrogen-bond donors (Lipinski definition) is 9. The summed E-state index contributed by atoms with van der Waals surface area (Å²) in [6, 6.07) is -1.59. The maximum absolute atomic E-state index is 13.0. The summed E-state index contributed by atoms with van der Waals surface area (Å²) in [6.07, 6.45) is 18.6. The van der Waals surface area contributed by atoms with Gasteiger partial charge in [0, 0.05) is 67.8 Å². The van der Waals surface area contributed by atoms with E-state index < -0.39 is 34.1 Å². The molecule has 0 heterocycles. The van der Waals surface area contributed by atoms with Gasteiger partial charge in [-0.05, 0) is 70.1 Å². The first kappa shape index (κ1) is 65.7. The summed E-state index contributed by atoms with van der Waals surface area (Å²) in [5.41, 5.74) is 5.27. The van der Waals surface area contributed by atoms with Crippen LogP contribution in [0.5, 0.6) is 0 Å². The topological polar surface area (TPSA) is 329 Å². The lowest BCUT2D eigenvalue weighted by Gasteiger charge is -2.28. The van der Waals surface area contributed by atoms with Gasteiger partial charge in [0.1, 0.15) is 19.3 Å². The van der Waals surface area contributed by atoms with Crippen LogP contribution in [0, 0.1) is 11.8 Å². The minimum Gasteiger partial charge on any atom is -0.480 e. The molecule has 0 aromatic carbocycles. The maximum atomic E-state index is 13.0. The summed E-state index contributed by atoms with van der Waals surface area (Å²) in [5.74, 6) is -3.09. The van der Waals surface area contributed by atoms with Crippen LogP contribution in [0.4, 0.5) is 0 Å². The van der Waals surface area contributed by atoms with Gasteiger partial charge in [-0.15, -0.1) is 0 Å². The van der Waals surface area contributed by atoms with Gasteiger partial charge in [-0.2, -0.15) is 8.42 Å². The molecule has 0 bridgehead atoms. The molecule has 1 rings (SSSR count). The van der Waals surface area contributed by atoms with Crippen LogP contribution in [0.15, 0.2) is 0 Å². The predicted octanol–water partition coefficient (Wildman–Crippen LogP) is 2.99. The Balaban J connectivity index is 1.99. The van der Waals surface area contributed by atoms with Crippen LogP contribution in [0.25, 0.3) is 0 Å². The Kier molecular flexibility index (Phi) is 40.0. The molecule has 1 fully saturated rings. The number of aliphatic carboxylic acids is 1. The molecule has 0 spiro atoms. The summed E-state index contributed by atoms with van der Waals surface area (Å²) in [4.78, 5) is 84.6. The molecule has 10 N–H and O–H groups in total. The number of rotatable bonds is 47. The van der Waals surface area contributed by atoms with Crippen molar-refractivity contribution in [3.63, 3.8) is 0 Å². The van der Waals surface area contributed by atoms with E-state index in [1.165, 1.54) is 25.7 Å². The summed E-state index contributed by atoms with van der Waals surface area (Å²) >= 11 is 1.89. The zero-order valence-electron chi connectivity index (χ0n) is 41.8. The highest BCUT2D eigenvalue weighted by molar-refractivity contribution is 14.1. The smallest absolute Gasteiger partial charge is 0.326 e. The molecule has 0 aromatic rings. The van der Waals surface area contributed by atoms with Crippen molar-refractivity contribution in [3.05, 3.63) is 0 Å². The zero-order valence-corrected chi connectivity index (χ0v) is 44.8. The molecule has 6 amide bonds. The highest BCUT2D eigenvalue weighted by atomic mass is 127. The van der Waals surface area contributed by atoms with Gasteiger partial charge >= 0.3 is 5.97 Å². The molecule has 71 heavy (non-hydrogen) atoms. The maximum Gasteiger partial charge on any atom is 0.326 e. The lowest BCUT2D eigenvalue weighted by Crippen LogP contribution is -2.45. The van der Waals surface area contributed by atoms with E-state index in [0.717, 1.165) is 70.6 Å². The number of carbonyl (C=O) groups is 7. The first-order valence-corrected chi connectivity index (χ1v) is 28.3. The second-order valence-corrected chi connectivity index (χ2v) is 20.2. The van der Waals surface area contributed by atoms with Gasteiger partial charge in [-0.3, -0.25) is 33.3 Å². The number of carbonyl (C=O) groups excluding carboxylic acids is 6. The first-order valence-electron chi connectivity index (χ1n) is 25.6. The Labute approximate surface area is 435 Å². The number of primary amides is 1. The largest absolute Gasteiger partial charge is 0.480 e. The van der Waals surface area contributed by atoms with Crippen molar-refractivity contribution >= 4 is 74.4 Å². The van der Waals surface area contributed by atoms with Gasteiger partial charge < -0.3 is 56.4 Å². The molecule has 0 aromatic heterocycles. The molecule has 1 saturated carbocycles. The van der Waals surface area contributed by atoms with E-state index in [9.17, 15) is 47.1 Å². The number of halogens is 1. The Morgan fingerprint density at radius 1 is 0.549 bits per heavy atom. The van der Waals surface area contributed by atoms with E-state index >= 15 is 0 Å². The predicted molar refractivity (Wildman–Crippen MR) is 275 cm³/mol. The number of carboxylic acid groups (broad SMARTS) is 1. The monoisotopic (exact) mass is 1150 g/mol. The second-order valence-electron chi connectivity index (χ2n) is 18.0. The summed E-state index contributed by atoms with van der Waals surface area (Å²) in [5, 5.41) is 23.4. The standard InChI is InChI=1S/C47H86IN7O15S/c48-55-39(45(49)60)16-13-14-24-50-43(58)35-69-31-30-68-28-26-52-44(59)36-70-32-29-67-27-25-51-42(57)23-22-40(47(62)63)54-46(61)38-20-18-37(19-21-38)34-53-41(56)17-12-10-8-6-4-2-1-3-5-7-9-11-15-33-71(64,65)66/h37-40,55H,1-36H2,(H2,49,60)(H,50,58)(H,51,57)(H,52,59)(H,53,56)(H,54,61)(H,62,63)(H,64,65,66)/t37-,38-,39-,40-/m0/s1. The van der Waals surface area contributed by atoms with E-state index in [1.807, 2.05) is 22.9 Å². The Morgan fingerprint density at radius 2 is 1.03 bits per heavy atom. The van der Waals surface area contributed by atoms with Gasteiger partial charge in [0.15, 0.2) is 0 Å². The third-order valence-corrected chi connectivity index (χ3v) is 13.5. The van der Waals surface area contributed by atoms with Gasteiger partial charge in [-0.1, -0.05) is 70.6 Å². The lowest BCUT2D eigenvalue weighted by molar-refractivity contribution is -0.143. The van der Waals surface area contributed by atoms with Crippen LogP contribution in [0.2, 0.25) is 0 Å². The number of nitrogens with two attached hydrogens (primary N) is 1. The van der Waals surface area contributed by atoms with Crippen LogP contribution >= 0.6 is 22.9 Å². The third kappa shape index (κ3) is 39.9. The third-order valence-electron chi connectivity index (χ3n) is 12.0. The average Bonchev–Trinajstić information content (AvgIpc) is 3.33. The Hall–Kier alpha value is -3.27. The molecule has 22 nitrogen and oxygen atoms in total. The van der Waals surface area contributed by atoms with Crippen molar-refractivity contribution < 1.29 is 70.6 Å². The van der Waals surface area contributed by atoms with Crippen molar-refractivity contribution in [2.75, 3.05) is 84.8 Å². The van der Waals surface area contributed by atoms with Crippen molar-refractivity contribution in [2.24, 2.45) is 17.6 Å². The molecule has 24 heteroatoms. The zero-order chi connectivity index (χ0) is 52.4. The molecule has 0 saturated heterocycles. The molecule has 0 radical (unpaired) electrons. The van der Waals surface area contributed by atoms with Crippen molar-refractivity contribution in [1.82, 2.24) is 30.1 Å². The van der Waals surface area contributed by atoms with Gasteiger partial charge in [0.05, 0.1) is 51.4 Å². The molecular weight excluding hydrogens is 1060 g/mol. The molecule has 1 aliphatic carbocycles. The highest BCUT2D eigenvalue weighted by Crippen LogP contribution is 2.29. The fraction of sp³-hybridized carbons (Fsp3) is 0.851. The number of amides is 6. The van der Waals surface area contributed by atoms with E-state index in [0.29, 0.717) is 51.6 Å². The lowest BCUT2D eigenvalue weighted by atomic mass is 9.81. The SMILES string of the molecule is NC(=O)[C@H](CCCCNC(=O)COCCOCCNC(=O)COCCOCCNC(=O)CC[C@H](NC(=O)[C@H]1CC[C@H](CNC(=O)CCCCCCCCCCCCCCCS(=O)(=O)O)CC1)C(=O)O)NI. The Morgan fingerprint density at radius 3 is 1.54 bits per heavy atom. The molecular formula is C47H86IN7O15S. The fourth-order valence-corrected chi connectivity index (χ4v) is 8.94. The number of unbranched alkanes of at least 4 members (excludes halogenated alkanes) is 13.